The largest absolute Gasteiger partial charge is 0.504 e. The molecule has 0 bridgehead atoms. The van der Waals surface area contributed by atoms with Gasteiger partial charge in [-0.2, -0.15) is 10.2 Å². The molecule has 29 heavy (non-hydrogen) atoms. The normalized spacial score (nSPS) is 11.1. The molecule has 0 atom stereocenters. The summed E-state index contributed by atoms with van der Waals surface area (Å²) in [5.41, 5.74) is 2.67. The number of carbonyl (C=O) groups is 1. The minimum atomic E-state index is -0.553. The molecule has 0 aliphatic rings. The van der Waals surface area contributed by atoms with E-state index in [1.807, 2.05) is 13.8 Å². The van der Waals surface area contributed by atoms with Gasteiger partial charge in [-0.25, -0.2) is 10.1 Å². The number of aromatic hydroxyl groups is 1. The zero-order valence-electron chi connectivity index (χ0n) is 16.3. The lowest BCUT2D eigenvalue weighted by Crippen LogP contribution is -2.29. The number of hydrogen-bond donors (Lipinski definition) is 2. The van der Waals surface area contributed by atoms with Crippen LogP contribution in [0.5, 0.6) is 11.5 Å². The first-order valence-electron chi connectivity index (χ1n) is 9.34. The van der Waals surface area contributed by atoms with Crippen LogP contribution in [-0.2, 0) is 6.54 Å². The van der Waals surface area contributed by atoms with Crippen LogP contribution in [0.15, 0.2) is 52.4 Å². The van der Waals surface area contributed by atoms with Gasteiger partial charge in [0.05, 0.1) is 18.2 Å². The zero-order valence-corrected chi connectivity index (χ0v) is 16.3. The number of ether oxygens (including phenoxy) is 1. The van der Waals surface area contributed by atoms with Crippen LogP contribution in [0.2, 0.25) is 0 Å². The highest BCUT2D eigenvalue weighted by Gasteiger charge is 2.16. The molecule has 2 aromatic carbocycles. The highest BCUT2D eigenvalue weighted by Crippen LogP contribution is 2.28. The molecule has 1 amide bonds. The third kappa shape index (κ3) is 4.26. The van der Waals surface area contributed by atoms with E-state index in [-0.39, 0.29) is 17.0 Å². The van der Waals surface area contributed by atoms with Crippen LogP contribution >= 0.6 is 0 Å². The van der Waals surface area contributed by atoms with Gasteiger partial charge in [0.1, 0.15) is 0 Å². The predicted octanol–water partition coefficient (Wildman–Crippen LogP) is 2.67. The molecular weight excluding hydrogens is 372 g/mol. The Balaban J connectivity index is 1.89. The monoisotopic (exact) mass is 394 g/mol. The van der Waals surface area contributed by atoms with Gasteiger partial charge in [-0.1, -0.05) is 31.2 Å². The lowest BCUT2D eigenvalue weighted by atomic mass is 10.1. The van der Waals surface area contributed by atoms with Crippen LogP contribution in [0, 0.1) is 0 Å². The maximum atomic E-state index is 12.7. The van der Waals surface area contributed by atoms with E-state index >= 15 is 0 Å². The summed E-state index contributed by atoms with van der Waals surface area (Å²) in [6, 6.07) is 11.8. The van der Waals surface area contributed by atoms with Gasteiger partial charge in [0.25, 0.3) is 11.5 Å². The molecule has 8 nitrogen and oxygen atoms in total. The summed E-state index contributed by atoms with van der Waals surface area (Å²) in [5.74, 6) is -0.280. The van der Waals surface area contributed by atoms with E-state index in [0.717, 1.165) is 0 Å². The predicted molar refractivity (Wildman–Crippen MR) is 111 cm³/mol. The number of nitrogens with one attached hydrogen (secondary N) is 1. The fourth-order valence-corrected chi connectivity index (χ4v) is 2.90. The minimum absolute atomic E-state index is 0.0626. The Kier molecular flexibility index (Phi) is 6.23. The van der Waals surface area contributed by atoms with E-state index in [1.165, 1.54) is 10.9 Å². The Morgan fingerprint density at radius 2 is 1.97 bits per heavy atom. The van der Waals surface area contributed by atoms with Gasteiger partial charge >= 0.3 is 0 Å². The molecule has 0 radical (unpaired) electrons. The molecule has 2 N–H and O–H groups in total. The van der Waals surface area contributed by atoms with Crippen molar-refractivity contribution in [1.82, 2.24) is 15.2 Å². The van der Waals surface area contributed by atoms with Crippen molar-refractivity contribution >= 4 is 22.9 Å². The summed E-state index contributed by atoms with van der Waals surface area (Å²) < 4.78 is 6.62. The second-order valence-corrected chi connectivity index (χ2v) is 6.25. The van der Waals surface area contributed by atoms with Crippen molar-refractivity contribution in [3.63, 3.8) is 0 Å². The van der Waals surface area contributed by atoms with Crippen molar-refractivity contribution in [1.29, 1.82) is 0 Å². The summed E-state index contributed by atoms with van der Waals surface area (Å²) in [4.78, 5) is 25.2. The number of amides is 1. The van der Waals surface area contributed by atoms with Crippen LogP contribution < -0.4 is 15.7 Å². The Labute approximate surface area is 167 Å². The van der Waals surface area contributed by atoms with Crippen LogP contribution in [0.3, 0.4) is 0 Å². The standard InChI is InChI=1S/C21H22N4O4/c1-3-12-25-21(28)16-10-6-5-9-15(16)18(24-25)20(27)23-22-13-14-8-7-11-17(19(14)26)29-4-2/h5-11,13,26H,3-4,12H2,1-2H3,(H,23,27)/b22-13+. The van der Waals surface area contributed by atoms with E-state index < -0.39 is 5.91 Å². The minimum Gasteiger partial charge on any atom is -0.504 e. The number of fused-ring (bicyclic) bond motifs is 1. The molecule has 3 aromatic rings. The number of carbonyl (C=O) groups excluding carboxylic acids is 1. The molecule has 0 spiro atoms. The molecule has 0 aliphatic heterocycles. The summed E-state index contributed by atoms with van der Waals surface area (Å²) in [7, 11) is 0. The molecule has 150 valence electrons. The Bertz CT molecular complexity index is 1120. The third-order valence-electron chi connectivity index (χ3n) is 4.22. The van der Waals surface area contributed by atoms with Crippen molar-refractivity contribution in [3.05, 3.63) is 64.1 Å². The van der Waals surface area contributed by atoms with E-state index in [0.29, 0.717) is 41.7 Å². The van der Waals surface area contributed by atoms with Crippen LogP contribution in [0.25, 0.3) is 10.8 Å². The van der Waals surface area contributed by atoms with Crippen molar-refractivity contribution in [2.45, 2.75) is 26.8 Å². The second-order valence-electron chi connectivity index (χ2n) is 6.25. The number of phenols is 1. The van der Waals surface area contributed by atoms with E-state index in [1.54, 1.807) is 42.5 Å². The average molecular weight is 394 g/mol. The quantitative estimate of drug-likeness (QED) is 0.473. The van der Waals surface area contributed by atoms with Gasteiger partial charge in [-0.05, 0) is 31.5 Å². The first kappa shape index (κ1) is 20.1. The summed E-state index contributed by atoms with van der Waals surface area (Å²) >= 11 is 0. The third-order valence-corrected chi connectivity index (χ3v) is 4.22. The zero-order chi connectivity index (χ0) is 20.8. The van der Waals surface area contributed by atoms with Gasteiger partial charge in [0, 0.05) is 17.5 Å². The number of benzene rings is 2. The molecule has 0 fully saturated rings. The highest BCUT2D eigenvalue weighted by atomic mass is 16.5. The number of rotatable bonds is 7. The van der Waals surface area contributed by atoms with Crippen LogP contribution in [0.4, 0.5) is 0 Å². The van der Waals surface area contributed by atoms with E-state index in [2.05, 4.69) is 15.6 Å². The number of aryl methyl sites for hydroxylation is 1. The van der Waals surface area contributed by atoms with Gasteiger partial charge in [-0.15, -0.1) is 0 Å². The Morgan fingerprint density at radius 1 is 1.21 bits per heavy atom. The van der Waals surface area contributed by atoms with E-state index in [4.69, 9.17) is 4.74 Å². The maximum absolute atomic E-state index is 12.7. The fraction of sp³-hybridized carbons (Fsp3) is 0.238. The van der Waals surface area contributed by atoms with E-state index in [9.17, 15) is 14.7 Å². The number of nitrogens with zero attached hydrogens (tertiary/aromatic N) is 3. The molecular formula is C21H22N4O4. The van der Waals surface area contributed by atoms with Gasteiger partial charge < -0.3 is 9.84 Å². The fourth-order valence-electron chi connectivity index (χ4n) is 2.90. The first-order chi connectivity index (χ1) is 14.1. The van der Waals surface area contributed by atoms with Crippen LogP contribution in [0.1, 0.15) is 36.3 Å². The Morgan fingerprint density at radius 3 is 2.69 bits per heavy atom. The topological polar surface area (TPSA) is 106 Å². The van der Waals surface area contributed by atoms with Gasteiger partial charge in [-0.3, -0.25) is 9.59 Å². The van der Waals surface area contributed by atoms with Crippen molar-refractivity contribution in [2.75, 3.05) is 6.61 Å². The maximum Gasteiger partial charge on any atom is 0.292 e. The lowest BCUT2D eigenvalue weighted by Gasteiger charge is -2.09. The second kappa shape index (κ2) is 9.01. The molecule has 1 aromatic heterocycles. The molecule has 3 rings (SSSR count). The summed E-state index contributed by atoms with van der Waals surface area (Å²) in [6.07, 6.45) is 2.03. The average Bonchev–Trinajstić information content (AvgIpc) is 2.73. The SMILES string of the molecule is CCCn1nc(C(=O)N/N=C/c2cccc(OCC)c2O)c2ccccc2c1=O. The molecule has 0 saturated carbocycles. The smallest absolute Gasteiger partial charge is 0.292 e. The molecule has 0 saturated heterocycles. The molecule has 1 heterocycles. The van der Waals surface area contributed by atoms with Crippen molar-refractivity contribution < 1.29 is 14.6 Å². The number of aromatic nitrogens is 2. The number of phenolic OH excluding ortho intramolecular Hbond substituents is 1. The molecule has 0 aliphatic carbocycles. The van der Waals surface area contributed by atoms with Gasteiger partial charge in [0.2, 0.25) is 0 Å². The highest BCUT2D eigenvalue weighted by molar-refractivity contribution is 6.05. The van der Waals surface area contributed by atoms with Gasteiger partial charge in [0.15, 0.2) is 17.2 Å². The molecule has 8 heteroatoms. The molecule has 0 unspecified atom stereocenters. The van der Waals surface area contributed by atoms with Crippen LogP contribution in [-0.4, -0.2) is 33.6 Å². The first-order valence-corrected chi connectivity index (χ1v) is 9.34. The van der Waals surface area contributed by atoms with Crippen molar-refractivity contribution in [3.8, 4) is 11.5 Å². The lowest BCUT2D eigenvalue weighted by molar-refractivity contribution is 0.0949. The number of para-hydroxylation sites is 1. The summed E-state index contributed by atoms with van der Waals surface area (Å²) in [5, 5.41) is 19.2. The Hall–Kier alpha value is -3.68. The number of hydrazone groups is 1. The summed E-state index contributed by atoms with van der Waals surface area (Å²) in [6.45, 7) is 4.56. The number of hydrogen-bond acceptors (Lipinski definition) is 6. The van der Waals surface area contributed by atoms with Crippen molar-refractivity contribution in [2.24, 2.45) is 5.10 Å².